The third kappa shape index (κ3) is 12.8. The van der Waals surface area contributed by atoms with Crippen LogP contribution in [0.1, 0.15) is 38.8 Å². The number of aromatic nitrogens is 4. The Balaban J connectivity index is 0.000000209. The first-order valence-corrected chi connectivity index (χ1v) is 17.9. The minimum atomic E-state index is -1.66. The molecule has 0 saturated heterocycles. The van der Waals surface area contributed by atoms with Crippen LogP contribution in [0, 0.1) is 36.4 Å². The smallest absolute Gasteiger partial charge is 0.423 e. The molecule has 10 nitrogen and oxygen atoms in total. The molecule has 16 heteroatoms. The summed E-state index contributed by atoms with van der Waals surface area (Å²) in [5.74, 6) is -0.430. The molecular weight excluding hydrogens is 771 g/mol. The molecule has 4 aromatic carbocycles. The van der Waals surface area contributed by atoms with Crippen LogP contribution in [-0.4, -0.2) is 50.7 Å². The van der Waals surface area contributed by atoms with E-state index in [1.807, 2.05) is 0 Å². The fourth-order valence-corrected chi connectivity index (χ4v) is 5.25. The molecule has 0 radical (unpaired) electrons. The van der Waals surface area contributed by atoms with E-state index in [9.17, 15) is 17.6 Å². The van der Waals surface area contributed by atoms with Crippen molar-refractivity contribution in [2.75, 3.05) is 23.7 Å². The fourth-order valence-electron chi connectivity index (χ4n) is 5.15. The Morgan fingerprint density at radius 2 is 1.07 bits per heavy atom. The third-order valence-corrected chi connectivity index (χ3v) is 8.92. The van der Waals surface area contributed by atoms with Crippen LogP contribution in [-0.2, 0) is 10.8 Å². The van der Waals surface area contributed by atoms with Gasteiger partial charge in [-0.25, -0.2) is 27.3 Å². The maximum atomic E-state index is 13.4. The molecule has 0 atom stereocenters. The van der Waals surface area contributed by atoms with Crippen molar-refractivity contribution in [3.8, 4) is 11.3 Å². The summed E-state index contributed by atoms with van der Waals surface area (Å²) in [7, 11) is -1.66. The van der Waals surface area contributed by atoms with Gasteiger partial charge in [-0.2, -0.15) is 0 Å². The van der Waals surface area contributed by atoms with E-state index in [1.165, 1.54) is 42.5 Å². The monoisotopic (exact) mass is 808 g/mol. The summed E-state index contributed by atoms with van der Waals surface area (Å²) < 4.78 is 52.1. The van der Waals surface area contributed by atoms with Crippen molar-refractivity contribution in [3.63, 3.8) is 0 Å². The van der Waals surface area contributed by atoms with Crippen molar-refractivity contribution in [1.29, 1.82) is 0 Å². The van der Waals surface area contributed by atoms with Gasteiger partial charge in [0.25, 0.3) is 0 Å². The normalized spacial score (nSPS) is 10.8. The molecule has 58 heavy (non-hydrogen) atoms. The van der Waals surface area contributed by atoms with Gasteiger partial charge in [0.15, 0.2) is 5.15 Å². The Morgan fingerprint density at radius 1 is 0.603 bits per heavy atom. The van der Waals surface area contributed by atoms with E-state index in [4.69, 9.17) is 34.8 Å². The highest BCUT2D eigenvalue weighted by Gasteiger charge is 2.22. The molecule has 296 valence electrons. The molecule has 0 aliphatic rings. The topological polar surface area (TPSA) is 125 Å². The Labute approximate surface area is 339 Å². The second kappa shape index (κ2) is 20.2. The first-order chi connectivity index (χ1) is 27.5. The quantitative estimate of drug-likeness (QED) is 0.0614. The zero-order valence-corrected chi connectivity index (χ0v) is 32.6. The lowest BCUT2D eigenvalue weighted by molar-refractivity contribution is 0.425. The Kier molecular flexibility index (Phi) is 15.4. The molecule has 0 spiro atoms. The van der Waals surface area contributed by atoms with Crippen LogP contribution in [0.2, 0.25) is 5.15 Å². The van der Waals surface area contributed by atoms with Gasteiger partial charge in [0.05, 0.1) is 18.8 Å². The van der Waals surface area contributed by atoms with Crippen LogP contribution in [0.4, 0.5) is 40.6 Å². The van der Waals surface area contributed by atoms with E-state index in [1.54, 1.807) is 54.6 Å². The summed E-state index contributed by atoms with van der Waals surface area (Å²) in [6.07, 6.45) is 0. The Hall–Kier alpha value is -6.39. The molecule has 2 heterocycles. The maximum absolute atomic E-state index is 13.4. The van der Waals surface area contributed by atoms with Crippen molar-refractivity contribution < 1.29 is 27.6 Å². The van der Waals surface area contributed by atoms with Crippen LogP contribution < -0.4 is 16.1 Å². The van der Waals surface area contributed by atoms with Crippen LogP contribution in [0.25, 0.3) is 20.9 Å². The fraction of sp³-hybridized carbons (Fsp3) is 0.190. The number of benzene rings is 4. The van der Waals surface area contributed by atoms with Gasteiger partial charge in [0, 0.05) is 23.9 Å². The number of halogens is 5. The first-order valence-electron chi connectivity index (χ1n) is 17.5. The largest absolute Gasteiger partial charge is 0.487 e. The Morgan fingerprint density at radius 3 is 1.50 bits per heavy atom. The second-order valence-corrected chi connectivity index (χ2v) is 14.4. The molecule has 0 amide bonds. The van der Waals surface area contributed by atoms with Crippen molar-refractivity contribution in [2.24, 2.45) is 0 Å². The number of nitrogens with zero attached hydrogens (tertiary/aromatic N) is 6. The zero-order chi connectivity index (χ0) is 42.5. The molecule has 0 saturated carbocycles. The highest BCUT2D eigenvalue weighted by Crippen LogP contribution is 2.27. The lowest BCUT2D eigenvalue weighted by atomic mass is 9.80. The molecular formula is C42H38BClF4N8O2. The average Bonchev–Trinajstić information content (AvgIpc) is 3.21. The molecule has 0 fully saturated rings. The molecule has 4 N–H and O–H groups in total. The zero-order valence-electron chi connectivity index (χ0n) is 31.9. The maximum Gasteiger partial charge on any atom is 0.487 e. The third-order valence-electron chi connectivity index (χ3n) is 8.72. The van der Waals surface area contributed by atoms with Gasteiger partial charge >= 0.3 is 7.12 Å². The lowest BCUT2D eigenvalue weighted by Crippen LogP contribution is -2.29. The highest BCUT2D eigenvalue weighted by molar-refractivity contribution is 6.58. The number of nitrogens with one attached hydrogen (secondary N) is 2. The summed E-state index contributed by atoms with van der Waals surface area (Å²) in [6.45, 7) is 23.1. The molecule has 0 unspecified atom stereocenters. The van der Waals surface area contributed by atoms with Crippen molar-refractivity contribution in [3.05, 3.63) is 172 Å². The predicted octanol–water partition coefficient (Wildman–Crippen LogP) is 9.08. The van der Waals surface area contributed by atoms with Crippen molar-refractivity contribution in [1.82, 2.24) is 20.4 Å². The lowest BCUT2D eigenvalue weighted by Gasteiger charge is -2.25. The van der Waals surface area contributed by atoms with E-state index >= 15 is 0 Å². The van der Waals surface area contributed by atoms with E-state index in [2.05, 4.69) is 68.4 Å². The van der Waals surface area contributed by atoms with Crippen LogP contribution in [0.3, 0.4) is 0 Å². The van der Waals surface area contributed by atoms with Gasteiger partial charge in [0.2, 0.25) is 11.4 Å². The summed E-state index contributed by atoms with van der Waals surface area (Å²) in [5, 5.41) is 40.1. The molecule has 0 aliphatic heterocycles. The number of anilines is 2. The number of hydrogen-bond donors (Lipinski definition) is 4. The molecule has 6 aromatic rings. The SMILES string of the molecule is CC(C)(CNc1ccc(Cl)nn1)c1ccc(F)cc1.[C-]#[N+]c1cc(-c2ccc(NCC(C)(C)c3ccc(F)cc3)nn2)ccc1F.[C-]#[N+]c1cc(B(O)O)ccc1F. The van der Waals surface area contributed by atoms with Crippen molar-refractivity contribution >= 4 is 47.2 Å². The standard InChI is InChI=1S/C21H18F2N4.C14H15ClFN3.C7H5BFNO2/c1-21(2,15-5-7-16(22)8-6-15)13-25-20-11-10-18(26-27-20)14-4-9-17(23)19(12-14)24-3;1-14(2,10-3-5-11(16)6-4-10)9-17-13-8-7-12(15)18-19-13;1-10-7-4-5(8(11)12)2-3-6(7)9/h4-12H,13H2,1-2H3,(H,25,27);3-8H,9H2,1-2H3,(H,17,19);2-4,11-12H. The Bertz CT molecular complexity index is 2360. The van der Waals surface area contributed by atoms with E-state index < -0.39 is 18.8 Å². The predicted molar refractivity (Wildman–Crippen MR) is 219 cm³/mol. The van der Waals surface area contributed by atoms with Gasteiger partial charge in [-0.1, -0.05) is 81.8 Å². The summed E-state index contributed by atoms with van der Waals surface area (Å²) in [4.78, 5) is 6.02. The van der Waals surface area contributed by atoms with Crippen LogP contribution in [0.5, 0.6) is 0 Å². The summed E-state index contributed by atoms with van der Waals surface area (Å²) in [5.41, 5.74) is 2.75. The van der Waals surface area contributed by atoms with Gasteiger partial charge in [-0.05, 0) is 88.9 Å². The highest BCUT2D eigenvalue weighted by atomic mass is 35.5. The average molecular weight is 809 g/mol. The molecule has 0 bridgehead atoms. The molecule has 2 aromatic heterocycles. The van der Waals surface area contributed by atoms with Crippen LogP contribution >= 0.6 is 11.6 Å². The van der Waals surface area contributed by atoms with E-state index in [0.717, 1.165) is 23.3 Å². The van der Waals surface area contributed by atoms with Gasteiger partial charge < -0.3 is 20.7 Å². The number of rotatable bonds is 10. The minimum absolute atomic E-state index is 0.0439. The van der Waals surface area contributed by atoms with Gasteiger partial charge in [-0.15, -0.1) is 20.4 Å². The van der Waals surface area contributed by atoms with E-state index in [0.29, 0.717) is 41.1 Å². The van der Waals surface area contributed by atoms with Crippen LogP contribution in [0.15, 0.2) is 109 Å². The summed E-state index contributed by atoms with van der Waals surface area (Å²) >= 11 is 5.68. The van der Waals surface area contributed by atoms with Crippen molar-refractivity contribution in [2.45, 2.75) is 38.5 Å². The minimum Gasteiger partial charge on any atom is -0.423 e. The van der Waals surface area contributed by atoms with Gasteiger partial charge in [0.1, 0.15) is 34.9 Å². The first kappa shape index (κ1) is 44.3. The molecule has 6 rings (SSSR count). The summed E-state index contributed by atoms with van der Waals surface area (Å²) in [6, 6.07) is 27.6. The van der Waals surface area contributed by atoms with Gasteiger partial charge in [-0.3, -0.25) is 0 Å². The molecule has 0 aliphatic carbocycles. The number of hydrogen-bond acceptors (Lipinski definition) is 8. The second-order valence-electron chi connectivity index (χ2n) is 14.0. The van der Waals surface area contributed by atoms with E-state index in [-0.39, 0.29) is 39.3 Å².